The van der Waals surface area contributed by atoms with Crippen molar-refractivity contribution in [2.75, 3.05) is 5.32 Å². The van der Waals surface area contributed by atoms with E-state index in [1.54, 1.807) is 12.1 Å². The number of benzene rings is 1. The predicted molar refractivity (Wildman–Crippen MR) is 82.9 cm³/mol. The van der Waals surface area contributed by atoms with E-state index in [1.807, 2.05) is 0 Å². The van der Waals surface area contributed by atoms with E-state index in [0.717, 1.165) is 12.1 Å². The normalized spacial score (nSPS) is 11.4. The van der Waals surface area contributed by atoms with E-state index in [9.17, 15) is 22.4 Å². The summed E-state index contributed by atoms with van der Waals surface area (Å²) in [6.07, 6.45) is -0.314. The molecular formula is C17H11F4N3O. The molecule has 0 bridgehead atoms. The summed E-state index contributed by atoms with van der Waals surface area (Å²) < 4.78 is 52.8. The quantitative estimate of drug-likeness (QED) is 0.718. The van der Waals surface area contributed by atoms with Crippen LogP contribution in [0.5, 0.6) is 0 Å². The Hall–Kier alpha value is -3.16. The SMILES string of the molecule is O=C(Nc1ccn(-c2ccc(C(F)(F)F)c(F)c2)c1)c1ccccn1. The average molecular weight is 349 g/mol. The minimum atomic E-state index is -4.75. The zero-order valence-electron chi connectivity index (χ0n) is 12.6. The van der Waals surface area contributed by atoms with Crippen LogP contribution in [-0.2, 0) is 6.18 Å². The summed E-state index contributed by atoms with van der Waals surface area (Å²) in [5.74, 6) is -1.80. The summed E-state index contributed by atoms with van der Waals surface area (Å²) >= 11 is 0. The highest BCUT2D eigenvalue weighted by molar-refractivity contribution is 6.02. The lowest BCUT2D eigenvalue weighted by Crippen LogP contribution is -2.12. The minimum absolute atomic E-state index is 0.198. The van der Waals surface area contributed by atoms with Gasteiger partial charge in [-0.05, 0) is 36.4 Å². The molecule has 0 saturated heterocycles. The number of nitrogens with one attached hydrogen (secondary N) is 1. The highest BCUT2D eigenvalue weighted by atomic mass is 19.4. The smallest absolute Gasteiger partial charge is 0.322 e. The highest BCUT2D eigenvalue weighted by Gasteiger charge is 2.33. The molecule has 0 atom stereocenters. The molecule has 0 aliphatic carbocycles. The van der Waals surface area contributed by atoms with Gasteiger partial charge in [0.15, 0.2) is 0 Å². The zero-order chi connectivity index (χ0) is 18.0. The molecule has 128 valence electrons. The molecule has 0 spiro atoms. The van der Waals surface area contributed by atoms with Gasteiger partial charge in [0.2, 0.25) is 0 Å². The van der Waals surface area contributed by atoms with Gasteiger partial charge >= 0.3 is 6.18 Å². The van der Waals surface area contributed by atoms with Crippen LogP contribution < -0.4 is 5.32 Å². The van der Waals surface area contributed by atoms with Crippen molar-refractivity contribution in [1.82, 2.24) is 9.55 Å². The van der Waals surface area contributed by atoms with Gasteiger partial charge in [-0.15, -0.1) is 0 Å². The third kappa shape index (κ3) is 3.68. The first-order valence-corrected chi connectivity index (χ1v) is 7.12. The van der Waals surface area contributed by atoms with Gasteiger partial charge in [0.25, 0.3) is 5.91 Å². The highest BCUT2D eigenvalue weighted by Crippen LogP contribution is 2.32. The first-order valence-electron chi connectivity index (χ1n) is 7.12. The maximum atomic E-state index is 13.7. The molecule has 0 saturated carbocycles. The second kappa shape index (κ2) is 6.39. The van der Waals surface area contributed by atoms with Crippen molar-refractivity contribution < 1.29 is 22.4 Å². The van der Waals surface area contributed by atoms with Crippen LogP contribution in [0.25, 0.3) is 5.69 Å². The average Bonchev–Trinajstić information content (AvgIpc) is 3.03. The van der Waals surface area contributed by atoms with E-state index in [1.165, 1.54) is 35.3 Å². The van der Waals surface area contributed by atoms with Crippen LogP contribution >= 0.6 is 0 Å². The van der Waals surface area contributed by atoms with Crippen molar-refractivity contribution in [3.05, 3.63) is 78.1 Å². The zero-order valence-corrected chi connectivity index (χ0v) is 12.6. The van der Waals surface area contributed by atoms with Crippen LogP contribution in [0, 0.1) is 5.82 Å². The van der Waals surface area contributed by atoms with E-state index in [2.05, 4.69) is 10.3 Å². The molecule has 4 nitrogen and oxygen atoms in total. The maximum Gasteiger partial charge on any atom is 0.419 e. The Morgan fingerprint density at radius 2 is 1.92 bits per heavy atom. The van der Waals surface area contributed by atoms with Crippen LogP contribution in [0.15, 0.2) is 61.1 Å². The van der Waals surface area contributed by atoms with E-state index in [-0.39, 0.29) is 11.4 Å². The van der Waals surface area contributed by atoms with E-state index < -0.39 is 23.5 Å². The first kappa shape index (κ1) is 16.7. The summed E-state index contributed by atoms with van der Waals surface area (Å²) in [5.41, 5.74) is -0.511. The third-order valence-corrected chi connectivity index (χ3v) is 3.40. The Labute approximate surface area is 139 Å². The lowest BCUT2D eigenvalue weighted by atomic mass is 10.2. The second-order valence-electron chi connectivity index (χ2n) is 5.14. The number of halogens is 4. The molecule has 2 heterocycles. The topological polar surface area (TPSA) is 46.9 Å². The summed E-state index contributed by atoms with van der Waals surface area (Å²) in [4.78, 5) is 15.9. The molecule has 1 aromatic carbocycles. The largest absolute Gasteiger partial charge is 0.419 e. The molecule has 1 N–H and O–H groups in total. The Kier molecular flexibility index (Phi) is 4.26. The van der Waals surface area contributed by atoms with Gasteiger partial charge in [-0.25, -0.2) is 4.39 Å². The number of alkyl halides is 3. The molecule has 0 aliphatic heterocycles. The second-order valence-corrected chi connectivity index (χ2v) is 5.14. The van der Waals surface area contributed by atoms with Gasteiger partial charge in [0.05, 0.1) is 11.3 Å². The Bertz CT molecular complexity index is 904. The lowest BCUT2D eigenvalue weighted by molar-refractivity contribution is -0.139. The molecule has 3 aromatic rings. The van der Waals surface area contributed by atoms with E-state index >= 15 is 0 Å². The lowest BCUT2D eigenvalue weighted by Gasteiger charge is -2.10. The monoisotopic (exact) mass is 349 g/mol. The first-order chi connectivity index (χ1) is 11.8. The van der Waals surface area contributed by atoms with Crippen LogP contribution in [-0.4, -0.2) is 15.5 Å². The van der Waals surface area contributed by atoms with Crippen LogP contribution in [0.4, 0.5) is 23.2 Å². The van der Waals surface area contributed by atoms with E-state index in [0.29, 0.717) is 11.8 Å². The molecule has 0 aliphatic rings. The van der Waals surface area contributed by atoms with Crippen LogP contribution in [0.3, 0.4) is 0 Å². The summed E-state index contributed by atoms with van der Waals surface area (Å²) in [7, 11) is 0. The van der Waals surface area contributed by atoms with Gasteiger partial charge in [-0.1, -0.05) is 6.07 Å². The predicted octanol–water partition coefficient (Wildman–Crippen LogP) is 4.28. The number of nitrogens with zero attached hydrogens (tertiary/aromatic N) is 2. The Morgan fingerprint density at radius 3 is 2.56 bits per heavy atom. The van der Waals surface area contributed by atoms with Crippen molar-refractivity contribution >= 4 is 11.6 Å². The fourth-order valence-corrected chi connectivity index (χ4v) is 2.22. The molecule has 0 fully saturated rings. The molecule has 3 rings (SSSR count). The molecular weight excluding hydrogens is 338 g/mol. The minimum Gasteiger partial charge on any atom is -0.322 e. The number of amides is 1. The number of rotatable bonds is 3. The standard InChI is InChI=1S/C17H11F4N3O/c18-14-9-12(4-5-13(14)17(19,20)21)24-8-6-11(10-24)23-16(25)15-3-1-2-7-22-15/h1-10H,(H,23,25). The number of hydrogen-bond acceptors (Lipinski definition) is 2. The fourth-order valence-electron chi connectivity index (χ4n) is 2.22. The molecule has 0 unspecified atom stereocenters. The maximum absolute atomic E-state index is 13.7. The van der Waals surface area contributed by atoms with Gasteiger partial charge in [-0.3, -0.25) is 9.78 Å². The van der Waals surface area contributed by atoms with Crippen molar-refractivity contribution in [3.63, 3.8) is 0 Å². The number of carbonyl (C=O) groups is 1. The van der Waals surface area contributed by atoms with Gasteiger partial charge in [-0.2, -0.15) is 13.2 Å². The Balaban J connectivity index is 1.80. The number of carbonyl (C=O) groups excluding carboxylic acids is 1. The van der Waals surface area contributed by atoms with Gasteiger partial charge < -0.3 is 9.88 Å². The summed E-state index contributed by atoms with van der Waals surface area (Å²) in [5, 5.41) is 2.60. The third-order valence-electron chi connectivity index (χ3n) is 3.40. The van der Waals surface area contributed by atoms with Crippen molar-refractivity contribution in [1.29, 1.82) is 0 Å². The molecule has 8 heteroatoms. The summed E-state index contributed by atoms with van der Waals surface area (Å²) in [6.45, 7) is 0. The molecule has 2 aromatic heterocycles. The molecule has 0 radical (unpaired) electrons. The number of aromatic nitrogens is 2. The summed E-state index contributed by atoms with van der Waals surface area (Å²) in [6, 6.07) is 9.03. The number of hydrogen-bond donors (Lipinski definition) is 1. The van der Waals surface area contributed by atoms with Gasteiger partial charge in [0.1, 0.15) is 11.5 Å². The number of pyridine rings is 1. The molecule has 25 heavy (non-hydrogen) atoms. The van der Waals surface area contributed by atoms with Crippen molar-refractivity contribution in [2.45, 2.75) is 6.18 Å². The number of anilines is 1. The van der Waals surface area contributed by atoms with Crippen molar-refractivity contribution in [3.8, 4) is 5.69 Å². The van der Waals surface area contributed by atoms with Crippen molar-refractivity contribution in [2.24, 2.45) is 0 Å². The van der Waals surface area contributed by atoms with E-state index in [4.69, 9.17) is 0 Å². The Morgan fingerprint density at radius 1 is 1.12 bits per heavy atom. The van der Waals surface area contributed by atoms with Crippen LogP contribution in [0.2, 0.25) is 0 Å². The molecule has 1 amide bonds. The fraction of sp³-hybridized carbons (Fsp3) is 0.0588. The van der Waals surface area contributed by atoms with Crippen LogP contribution in [0.1, 0.15) is 16.1 Å². The van der Waals surface area contributed by atoms with Gasteiger partial charge in [0, 0.05) is 24.3 Å².